The summed E-state index contributed by atoms with van der Waals surface area (Å²) in [7, 11) is 0. The number of hydrogen-bond donors (Lipinski definition) is 2. The van der Waals surface area contributed by atoms with Gasteiger partial charge in [0.1, 0.15) is 11.2 Å². The Morgan fingerprint density at radius 1 is 1.33 bits per heavy atom. The van der Waals surface area contributed by atoms with Crippen LogP contribution < -0.4 is 0 Å². The van der Waals surface area contributed by atoms with Crippen molar-refractivity contribution in [3.63, 3.8) is 0 Å². The summed E-state index contributed by atoms with van der Waals surface area (Å²) in [4.78, 5) is 11.9. The second-order valence-electron chi connectivity index (χ2n) is 5.00. The molecule has 0 aromatic carbocycles. The van der Waals surface area contributed by atoms with Crippen molar-refractivity contribution in [1.82, 2.24) is 19.5 Å². The number of aliphatic hydroxyl groups excluding tert-OH is 1. The number of aromatic amines is 1. The molecule has 5 heteroatoms. The predicted octanol–water partition coefficient (Wildman–Crippen LogP) is 2.00. The van der Waals surface area contributed by atoms with E-state index < -0.39 is 0 Å². The fourth-order valence-corrected chi connectivity index (χ4v) is 3.00. The van der Waals surface area contributed by atoms with E-state index >= 15 is 0 Å². The average Bonchev–Trinajstić information content (AvgIpc) is 3.03. The first kappa shape index (κ1) is 10.1. The van der Waals surface area contributed by atoms with E-state index in [2.05, 4.69) is 19.5 Å². The lowest BCUT2D eigenvalue weighted by atomic mass is 10.2. The van der Waals surface area contributed by atoms with Gasteiger partial charge >= 0.3 is 0 Å². The highest BCUT2D eigenvalue weighted by Crippen LogP contribution is 2.34. The first-order valence-electron chi connectivity index (χ1n) is 6.29. The maximum atomic E-state index is 9.69. The summed E-state index contributed by atoms with van der Waals surface area (Å²) in [6.07, 6.45) is 8.12. The van der Waals surface area contributed by atoms with Crippen LogP contribution in [0.3, 0.4) is 0 Å². The number of aliphatic hydroxyl groups is 1. The number of nitrogens with one attached hydrogen (secondary N) is 1. The van der Waals surface area contributed by atoms with Crippen molar-refractivity contribution < 1.29 is 5.11 Å². The third-order valence-electron chi connectivity index (χ3n) is 3.89. The van der Waals surface area contributed by atoms with Gasteiger partial charge in [-0.25, -0.2) is 9.97 Å². The van der Waals surface area contributed by atoms with Crippen LogP contribution >= 0.6 is 0 Å². The Balaban J connectivity index is 1.97. The summed E-state index contributed by atoms with van der Waals surface area (Å²) < 4.78 is 2.20. The lowest BCUT2D eigenvalue weighted by Crippen LogP contribution is -2.06. The molecule has 0 saturated heterocycles. The normalized spacial score (nSPS) is 24.3. The minimum absolute atomic E-state index is 0.170. The molecule has 0 unspecified atom stereocenters. The molecular formula is C13H14N4O. The fraction of sp³-hybridized carbons (Fsp3) is 0.385. The average molecular weight is 242 g/mol. The highest BCUT2D eigenvalue weighted by molar-refractivity contribution is 6.00. The lowest BCUT2D eigenvalue weighted by molar-refractivity contribution is 0.178. The SMILES string of the molecule is O[C@@H]1CC[C@@H](n2cnc3cnc4[nH]ccc4c32)C1. The third kappa shape index (κ3) is 1.31. The van der Waals surface area contributed by atoms with Gasteiger partial charge in [-0.05, 0) is 25.3 Å². The number of imidazole rings is 1. The Hall–Kier alpha value is -1.88. The van der Waals surface area contributed by atoms with Gasteiger partial charge in [-0.3, -0.25) is 0 Å². The number of hydrogen-bond acceptors (Lipinski definition) is 3. The van der Waals surface area contributed by atoms with Crippen LogP contribution in [0.15, 0.2) is 24.8 Å². The first-order chi connectivity index (χ1) is 8.83. The van der Waals surface area contributed by atoms with Crippen molar-refractivity contribution in [3.05, 3.63) is 24.8 Å². The maximum absolute atomic E-state index is 9.69. The Labute approximate surface area is 103 Å². The molecule has 1 fully saturated rings. The van der Waals surface area contributed by atoms with Crippen molar-refractivity contribution in [1.29, 1.82) is 0 Å². The summed E-state index contributed by atoms with van der Waals surface area (Å²) >= 11 is 0. The van der Waals surface area contributed by atoms with Gasteiger partial charge < -0.3 is 14.7 Å². The van der Waals surface area contributed by atoms with Gasteiger partial charge in [0.15, 0.2) is 0 Å². The molecular weight excluding hydrogens is 228 g/mol. The quantitative estimate of drug-likeness (QED) is 0.686. The van der Waals surface area contributed by atoms with Crippen LogP contribution in [0.25, 0.3) is 22.1 Å². The van der Waals surface area contributed by atoms with E-state index in [-0.39, 0.29) is 6.10 Å². The van der Waals surface area contributed by atoms with Crippen molar-refractivity contribution in [2.24, 2.45) is 0 Å². The molecule has 1 aliphatic rings. The lowest BCUT2D eigenvalue weighted by Gasteiger charge is -2.12. The van der Waals surface area contributed by atoms with Gasteiger partial charge in [0.2, 0.25) is 0 Å². The van der Waals surface area contributed by atoms with Crippen molar-refractivity contribution in [2.45, 2.75) is 31.4 Å². The standard InChI is InChI=1S/C13H14N4O/c18-9-2-1-8(5-9)17-7-16-11-6-15-13-10(12(11)17)3-4-14-13/h3-4,6-9,18H,1-2,5H2,(H,14,15)/t8-,9-/m1/s1. The first-order valence-corrected chi connectivity index (χ1v) is 6.29. The van der Waals surface area contributed by atoms with E-state index in [4.69, 9.17) is 0 Å². The minimum atomic E-state index is -0.170. The number of aromatic nitrogens is 4. The highest BCUT2D eigenvalue weighted by Gasteiger charge is 2.25. The van der Waals surface area contributed by atoms with E-state index in [1.165, 1.54) is 0 Å². The number of rotatable bonds is 1. The zero-order chi connectivity index (χ0) is 12.1. The molecule has 2 atom stereocenters. The summed E-state index contributed by atoms with van der Waals surface area (Å²) in [6, 6.07) is 2.39. The van der Waals surface area contributed by atoms with Crippen LogP contribution in [0.2, 0.25) is 0 Å². The second kappa shape index (κ2) is 3.55. The summed E-state index contributed by atoms with van der Waals surface area (Å²) in [5.41, 5.74) is 2.94. The molecule has 0 aliphatic heterocycles. The van der Waals surface area contributed by atoms with Crippen LogP contribution in [-0.4, -0.2) is 30.7 Å². The monoisotopic (exact) mass is 242 g/mol. The number of pyridine rings is 1. The van der Waals surface area contributed by atoms with E-state index in [1.807, 2.05) is 18.6 Å². The van der Waals surface area contributed by atoms with Gasteiger partial charge in [0.25, 0.3) is 0 Å². The molecule has 0 amide bonds. The largest absolute Gasteiger partial charge is 0.393 e. The molecule has 4 rings (SSSR count). The highest BCUT2D eigenvalue weighted by atomic mass is 16.3. The van der Waals surface area contributed by atoms with Gasteiger partial charge in [-0.2, -0.15) is 0 Å². The smallest absolute Gasteiger partial charge is 0.139 e. The van der Waals surface area contributed by atoms with Gasteiger partial charge in [0.05, 0.1) is 24.1 Å². The zero-order valence-corrected chi connectivity index (χ0v) is 9.87. The fourth-order valence-electron chi connectivity index (χ4n) is 3.00. The van der Waals surface area contributed by atoms with Crippen LogP contribution in [0.4, 0.5) is 0 Å². The second-order valence-corrected chi connectivity index (χ2v) is 5.00. The van der Waals surface area contributed by atoms with Gasteiger partial charge in [0, 0.05) is 17.6 Å². The minimum Gasteiger partial charge on any atom is -0.393 e. The van der Waals surface area contributed by atoms with Crippen molar-refractivity contribution in [2.75, 3.05) is 0 Å². The third-order valence-corrected chi connectivity index (χ3v) is 3.89. The Morgan fingerprint density at radius 2 is 2.28 bits per heavy atom. The molecule has 0 bridgehead atoms. The molecule has 1 aliphatic carbocycles. The van der Waals surface area contributed by atoms with Crippen LogP contribution in [-0.2, 0) is 0 Å². The summed E-state index contributed by atoms with van der Waals surface area (Å²) in [5, 5.41) is 10.8. The Kier molecular flexibility index (Phi) is 1.99. The maximum Gasteiger partial charge on any atom is 0.139 e. The molecule has 92 valence electrons. The molecule has 2 N–H and O–H groups in total. The topological polar surface area (TPSA) is 66.7 Å². The van der Waals surface area contributed by atoms with E-state index in [0.29, 0.717) is 6.04 Å². The number of H-pyrrole nitrogens is 1. The van der Waals surface area contributed by atoms with Crippen LogP contribution in [0.5, 0.6) is 0 Å². The number of nitrogens with zero attached hydrogens (tertiary/aromatic N) is 3. The van der Waals surface area contributed by atoms with Crippen LogP contribution in [0, 0.1) is 0 Å². The predicted molar refractivity (Wildman–Crippen MR) is 68.3 cm³/mol. The van der Waals surface area contributed by atoms with E-state index in [1.54, 1.807) is 6.20 Å². The zero-order valence-electron chi connectivity index (χ0n) is 9.87. The molecule has 3 aromatic heterocycles. The molecule has 0 radical (unpaired) electrons. The van der Waals surface area contributed by atoms with Gasteiger partial charge in [-0.15, -0.1) is 0 Å². The summed E-state index contributed by atoms with van der Waals surface area (Å²) in [6.45, 7) is 0. The van der Waals surface area contributed by atoms with Crippen molar-refractivity contribution in [3.8, 4) is 0 Å². The number of fused-ring (bicyclic) bond motifs is 3. The Morgan fingerprint density at radius 3 is 3.11 bits per heavy atom. The molecule has 5 nitrogen and oxygen atoms in total. The summed E-state index contributed by atoms with van der Waals surface area (Å²) in [5.74, 6) is 0. The molecule has 1 saturated carbocycles. The Bertz CT molecular complexity index is 714. The molecule has 3 heterocycles. The molecule has 3 aromatic rings. The van der Waals surface area contributed by atoms with E-state index in [9.17, 15) is 5.11 Å². The molecule has 0 spiro atoms. The molecule has 18 heavy (non-hydrogen) atoms. The van der Waals surface area contributed by atoms with Gasteiger partial charge in [-0.1, -0.05) is 0 Å². The van der Waals surface area contributed by atoms with E-state index in [0.717, 1.165) is 41.3 Å². The van der Waals surface area contributed by atoms with Crippen molar-refractivity contribution >= 4 is 22.1 Å². The van der Waals surface area contributed by atoms with Crippen LogP contribution in [0.1, 0.15) is 25.3 Å².